The van der Waals surface area contributed by atoms with Gasteiger partial charge in [0, 0.05) is 20.8 Å². The highest BCUT2D eigenvalue weighted by atomic mass is 16.7. The molecule has 248 valence electrons. The summed E-state index contributed by atoms with van der Waals surface area (Å²) in [7, 11) is 0. The molecule has 3 amide bonds. The molecule has 43 heavy (non-hydrogen) atoms. The summed E-state index contributed by atoms with van der Waals surface area (Å²) in [6.45, 7) is 1.27. The van der Waals surface area contributed by atoms with Crippen LogP contribution in [0.3, 0.4) is 0 Å². The molecule has 0 aromatic heterocycles. The lowest BCUT2D eigenvalue weighted by molar-refractivity contribution is -0.336. The Hall–Kier alpha value is -2.11. The van der Waals surface area contributed by atoms with Crippen molar-refractivity contribution in [3.8, 4) is 0 Å². The lowest BCUT2D eigenvalue weighted by Crippen LogP contribution is -2.69. The average molecular weight is 628 g/mol. The quantitative estimate of drug-likeness (QED) is 0.107. The number of nitrogens with one attached hydrogen (secondary N) is 3. The molecule has 19 heteroatoms. The van der Waals surface area contributed by atoms with Crippen molar-refractivity contribution in [1.82, 2.24) is 16.0 Å². The maximum absolute atomic E-state index is 11.8. The van der Waals surface area contributed by atoms with Crippen LogP contribution >= 0.6 is 0 Å². The van der Waals surface area contributed by atoms with E-state index >= 15 is 0 Å². The summed E-state index contributed by atoms with van der Waals surface area (Å²) in [6.07, 6.45) is -19.0. The van der Waals surface area contributed by atoms with E-state index in [4.69, 9.17) is 23.7 Å². The number of hydrogen-bond donors (Lipinski definition) is 11. The van der Waals surface area contributed by atoms with Crippen molar-refractivity contribution in [2.24, 2.45) is 0 Å². The number of aliphatic hydroxyl groups excluding tert-OH is 8. The highest BCUT2D eigenvalue weighted by molar-refractivity contribution is 5.74. The van der Waals surface area contributed by atoms with Crippen molar-refractivity contribution in [1.29, 1.82) is 0 Å². The molecule has 3 heterocycles. The number of carbonyl (C=O) groups excluding carboxylic acids is 3. The second kappa shape index (κ2) is 15.3. The average Bonchev–Trinajstić information content (AvgIpc) is 2.93. The molecule has 0 radical (unpaired) electrons. The van der Waals surface area contributed by atoms with Gasteiger partial charge in [-0.05, 0) is 0 Å². The molecule has 0 unspecified atom stereocenters. The Balaban J connectivity index is 1.89. The van der Waals surface area contributed by atoms with E-state index in [0.29, 0.717) is 0 Å². The SMILES string of the molecule is CC(=O)N[C@@H]1[C@@H](O)[C@H](O[C@@H]2O[C@H](CO)[C@@H](O)[C@H](O)[C@H]2NC(C)=O)[C@@H](CO[C@@H]2O[C@H](CO)[C@@H](O)[C@H](O)[C@H]2NC(C)=O)O[C@@H]1O. The maximum atomic E-state index is 11.8. The number of hydrogen-bond acceptors (Lipinski definition) is 16. The zero-order valence-electron chi connectivity index (χ0n) is 23.6. The van der Waals surface area contributed by atoms with Gasteiger partial charge in [-0.2, -0.15) is 0 Å². The molecule has 15 atom stereocenters. The molecular formula is C24H41N3O16. The van der Waals surface area contributed by atoms with E-state index in [1.54, 1.807) is 0 Å². The van der Waals surface area contributed by atoms with E-state index in [1.807, 2.05) is 0 Å². The highest BCUT2D eigenvalue weighted by Gasteiger charge is 2.52. The predicted octanol–water partition coefficient (Wildman–Crippen LogP) is -7.14. The van der Waals surface area contributed by atoms with Gasteiger partial charge in [0.05, 0.1) is 19.8 Å². The van der Waals surface area contributed by atoms with Crippen molar-refractivity contribution in [2.75, 3.05) is 19.8 Å². The molecule has 0 spiro atoms. The molecule has 0 aliphatic carbocycles. The van der Waals surface area contributed by atoms with E-state index in [0.717, 1.165) is 20.8 Å². The standard InChI is InChI=1S/C24H41N3O16/c1-7(30)25-13-20(37)21(43-24-15(27-9(3)32)19(36)17(34)11(5-29)42-24)12(40-22(13)38)6-39-23-14(26-8(2)31)18(35)16(33)10(4-28)41-23/h10-24,28-29,33-38H,4-6H2,1-3H3,(H,25,30)(H,26,31)(H,27,32)/t10-,11-,12-,13-,14-,15-,16-,17-,18-,19-,20-,21-,22+,23-,24+/m1/s1. The van der Waals surface area contributed by atoms with Gasteiger partial charge in [0.2, 0.25) is 17.7 Å². The van der Waals surface area contributed by atoms with E-state index in [-0.39, 0.29) is 0 Å². The van der Waals surface area contributed by atoms with Crippen molar-refractivity contribution in [3.05, 3.63) is 0 Å². The second-order valence-electron chi connectivity index (χ2n) is 10.6. The first-order valence-corrected chi connectivity index (χ1v) is 13.5. The molecule has 0 saturated carbocycles. The van der Waals surface area contributed by atoms with Crippen LogP contribution in [0.1, 0.15) is 20.8 Å². The minimum Gasteiger partial charge on any atom is -0.394 e. The number of carbonyl (C=O) groups is 3. The van der Waals surface area contributed by atoms with Crippen molar-refractivity contribution in [3.63, 3.8) is 0 Å². The summed E-state index contributed by atoms with van der Waals surface area (Å²) in [5, 5.41) is 89.7. The fraction of sp³-hybridized carbons (Fsp3) is 0.875. The van der Waals surface area contributed by atoms with E-state index in [9.17, 15) is 55.2 Å². The summed E-state index contributed by atoms with van der Waals surface area (Å²) in [6, 6.07) is -4.23. The lowest BCUT2D eigenvalue weighted by Gasteiger charge is -2.48. The van der Waals surface area contributed by atoms with Crippen molar-refractivity contribution >= 4 is 17.7 Å². The molecule has 19 nitrogen and oxygen atoms in total. The first-order chi connectivity index (χ1) is 20.2. The third-order valence-electron chi connectivity index (χ3n) is 7.28. The minimum absolute atomic E-state index is 0.612. The molecule has 3 rings (SSSR count). The van der Waals surface area contributed by atoms with Crippen LogP contribution in [0.2, 0.25) is 0 Å². The van der Waals surface area contributed by atoms with Gasteiger partial charge in [-0.15, -0.1) is 0 Å². The van der Waals surface area contributed by atoms with Crippen LogP contribution in [0.25, 0.3) is 0 Å². The molecule has 3 aliphatic heterocycles. The Morgan fingerprint density at radius 2 is 1.05 bits per heavy atom. The Morgan fingerprint density at radius 1 is 0.605 bits per heavy atom. The first-order valence-electron chi connectivity index (χ1n) is 13.5. The number of rotatable bonds is 10. The topological polar surface area (TPSA) is 295 Å². The molecule has 3 saturated heterocycles. The highest BCUT2D eigenvalue weighted by Crippen LogP contribution is 2.30. The van der Waals surface area contributed by atoms with Gasteiger partial charge in [-0.3, -0.25) is 14.4 Å². The van der Waals surface area contributed by atoms with Crippen LogP contribution < -0.4 is 16.0 Å². The molecule has 0 aromatic carbocycles. The third kappa shape index (κ3) is 8.34. The fourth-order valence-electron chi connectivity index (χ4n) is 5.17. The molecule has 0 bridgehead atoms. The summed E-state index contributed by atoms with van der Waals surface area (Å²) >= 11 is 0. The van der Waals surface area contributed by atoms with Gasteiger partial charge < -0.3 is 80.5 Å². The van der Waals surface area contributed by atoms with Crippen LogP contribution in [0.5, 0.6) is 0 Å². The summed E-state index contributed by atoms with van der Waals surface area (Å²) in [5.74, 6) is -1.92. The normalized spacial score (nSPS) is 43.5. The van der Waals surface area contributed by atoms with Gasteiger partial charge >= 0.3 is 0 Å². The number of amides is 3. The predicted molar refractivity (Wildman–Crippen MR) is 136 cm³/mol. The van der Waals surface area contributed by atoms with Crippen molar-refractivity contribution < 1.29 is 78.9 Å². The van der Waals surface area contributed by atoms with Gasteiger partial charge in [-0.1, -0.05) is 0 Å². The zero-order valence-corrected chi connectivity index (χ0v) is 23.6. The Morgan fingerprint density at radius 3 is 1.51 bits per heavy atom. The van der Waals surface area contributed by atoms with Crippen LogP contribution in [0, 0.1) is 0 Å². The Bertz CT molecular complexity index is 962. The fourth-order valence-corrected chi connectivity index (χ4v) is 5.17. The molecule has 11 N–H and O–H groups in total. The lowest BCUT2D eigenvalue weighted by atomic mass is 9.94. The summed E-state index contributed by atoms with van der Waals surface area (Å²) in [5.41, 5.74) is 0. The van der Waals surface area contributed by atoms with Crippen LogP contribution in [-0.2, 0) is 38.1 Å². The third-order valence-corrected chi connectivity index (χ3v) is 7.28. The maximum Gasteiger partial charge on any atom is 0.217 e. The van der Waals surface area contributed by atoms with Gasteiger partial charge in [0.15, 0.2) is 18.9 Å². The van der Waals surface area contributed by atoms with Gasteiger partial charge in [0.25, 0.3) is 0 Å². The van der Waals surface area contributed by atoms with Crippen LogP contribution in [0.15, 0.2) is 0 Å². The van der Waals surface area contributed by atoms with Crippen LogP contribution in [-0.4, -0.2) is 170 Å². The summed E-state index contributed by atoms with van der Waals surface area (Å²) < 4.78 is 28.3. The van der Waals surface area contributed by atoms with E-state index < -0.39 is 129 Å². The number of aliphatic hydroxyl groups is 8. The minimum atomic E-state index is -1.82. The second-order valence-corrected chi connectivity index (χ2v) is 10.6. The Labute approximate surface area is 245 Å². The first kappa shape index (κ1) is 35.4. The van der Waals surface area contributed by atoms with Gasteiger partial charge in [0.1, 0.15) is 73.1 Å². The van der Waals surface area contributed by atoms with E-state index in [2.05, 4.69) is 16.0 Å². The monoisotopic (exact) mass is 627 g/mol. The van der Waals surface area contributed by atoms with Crippen molar-refractivity contribution in [2.45, 2.75) is 113 Å². The van der Waals surface area contributed by atoms with E-state index in [1.165, 1.54) is 0 Å². The zero-order chi connectivity index (χ0) is 32.2. The molecule has 0 aromatic rings. The smallest absolute Gasteiger partial charge is 0.217 e. The van der Waals surface area contributed by atoms with Gasteiger partial charge in [-0.25, -0.2) is 0 Å². The van der Waals surface area contributed by atoms with Crippen LogP contribution in [0.4, 0.5) is 0 Å². The molecular weight excluding hydrogens is 586 g/mol. The number of ether oxygens (including phenoxy) is 5. The molecule has 3 fully saturated rings. The summed E-state index contributed by atoms with van der Waals surface area (Å²) in [4.78, 5) is 35.4. The molecule has 3 aliphatic rings. The largest absolute Gasteiger partial charge is 0.394 e. The Kier molecular flexibility index (Phi) is 12.5.